The molecule has 5 unspecified atom stereocenters. The maximum Gasteiger partial charge on any atom is 0.00927 e. The van der Waals surface area contributed by atoms with Gasteiger partial charge < -0.3 is 4.90 Å². The van der Waals surface area contributed by atoms with E-state index in [1.54, 1.807) is 0 Å². The van der Waals surface area contributed by atoms with Gasteiger partial charge in [0.25, 0.3) is 0 Å². The predicted octanol–water partition coefficient (Wildman–Crippen LogP) is 8.57. The molecule has 0 bridgehead atoms. The molecular weight excluding hydrogens is 338 g/mol. The van der Waals surface area contributed by atoms with Crippen molar-refractivity contribution in [1.82, 2.24) is 4.90 Å². The van der Waals surface area contributed by atoms with Crippen LogP contribution in [0.2, 0.25) is 0 Å². The number of nitrogens with zero attached hydrogens (tertiary/aromatic N) is 1. The molecule has 0 aromatic carbocycles. The van der Waals surface area contributed by atoms with Crippen molar-refractivity contribution in [3.8, 4) is 0 Å². The highest BCUT2D eigenvalue weighted by Gasteiger charge is 2.27. The highest BCUT2D eigenvalue weighted by atomic mass is 15.2. The Balaban J connectivity index is 2.64. The van der Waals surface area contributed by atoms with Crippen LogP contribution in [0.3, 0.4) is 0 Å². The predicted molar refractivity (Wildman–Crippen MR) is 128 cm³/mol. The summed E-state index contributed by atoms with van der Waals surface area (Å²) in [6.07, 6.45) is 15.4. The van der Waals surface area contributed by atoms with Crippen LogP contribution >= 0.6 is 0 Å². The van der Waals surface area contributed by atoms with Gasteiger partial charge in [0.1, 0.15) is 0 Å². The maximum atomic E-state index is 2.79. The SMILES string of the molecule is CCCC(C)(C)CC(CCC(C)C(C)C(C)CC)CCC(CC)N1CCCC1. The lowest BCUT2D eigenvalue weighted by Gasteiger charge is -2.33. The Bertz CT molecular complexity index is 382. The van der Waals surface area contributed by atoms with Crippen molar-refractivity contribution >= 4 is 0 Å². The number of hydrogen-bond donors (Lipinski definition) is 0. The van der Waals surface area contributed by atoms with Gasteiger partial charge in [-0.2, -0.15) is 0 Å². The quantitative estimate of drug-likeness (QED) is 0.269. The molecule has 1 fully saturated rings. The fourth-order valence-electron chi connectivity index (χ4n) is 5.78. The van der Waals surface area contributed by atoms with Crippen LogP contribution in [0.5, 0.6) is 0 Å². The van der Waals surface area contributed by atoms with Crippen molar-refractivity contribution in [3.05, 3.63) is 0 Å². The second kappa shape index (κ2) is 13.3. The molecule has 0 aliphatic carbocycles. The molecule has 0 aromatic heterocycles. The molecule has 1 aliphatic heterocycles. The number of likely N-dealkylation sites (tertiary alicyclic amines) is 1. The standard InChI is InChI=1S/C27H55N/c1-9-18-27(7,8)21-25(15-14-23(5)24(6)22(4)10-2)16-17-26(11-3)28-19-12-13-20-28/h22-26H,9-21H2,1-8H3. The molecule has 168 valence electrons. The van der Waals surface area contributed by atoms with Crippen LogP contribution in [0.1, 0.15) is 126 Å². The number of rotatable bonds is 15. The van der Waals surface area contributed by atoms with Crippen LogP contribution in [0.25, 0.3) is 0 Å². The summed E-state index contributed by atoms with van der Waals surface area (Å²) in [4.78, 5) is 2.79. The van der Waals surface area contributed by atoms with Gasteiger partial charge in [0.15, 0.2) is 0 Å². The number of hydrogen-bond acceptors (Lipinski definition) is 1. The fourth-order valence-corrected chi connectivity index (χ4v) is 5.78. The molecule has 0 spiro atoms. The van der Waals surface area contributed by atoms with Crippen molar-refractivity contribution in [2.75, 3.05) is 13.1 Å². The van der Waals surface area contributed by atoms with E-state index in [2.05, 4.69) is 60.3 Å². The van der Waals surface area contributed by atoms with Crippen molar-refractivity contribution in [3.63, 3.8) is 0 Å². The van der Waals surface area contributed by atoms with Gasteiger partial charge in [-0.3, -0.25) is 0 Å². The Kier molecular flexibility index (Phi) is 12.3. The van der Waals surface area contributed by atoms with Gasteiger partial charge in [0.05, 0.1) is 0 Å². The lowest BCUT2D eigenvalue weighted by molar-refractivity contribution is 0.173. The largest absolute Gasteiger partial charge is 0.300 e. The van der Waals surface area contributed by atoms with E-state index in [0.29, 0.717) is 5.41 Å². The molecule has 1 saturated heterocycles. The summed E-state index contributed by atoms with van der Waals surface area (Å²) in [6.45, 7) is 22.3. The van der Waals surface area contributed by atoms with Gasteiger partial charge in [-0.15, -0.1) is 0 Å². The topological polar surface area (TPSA) is 3.24 Å². The first-order chi connectivity index (χ1) is 13.2. The molecule has 28 heavy (non-hydrogen) atoms. The summed E-state index contributed by atoms with van der Waals surface area (Å²) in [7, 11) is 0. The Hall–Kier alpha value is -0.0400. The molecule has 0 saturated carbocycles. The second-order valence-corrected chi connectivity index (χ2v) is 11.2. The Morgan fingerprint density at radius 1 is 0.786 bits per heavy atom. The molecule has 1 aliphatic rings. The third kappa shape index (κ3) is 9.19. The summed E-state index contributed by atoms with van der Waals surface area (Å²) in [5.74, 6) is 3.52. The van der Waals surface area contributed by atoms with Gasteiger partial charge in [-0.1, -0.05) is 81.1 Å². The van der Waals surface area contributed by atoms with Crippen molar-refractivity contribution in [2.24, 2.45) is 29.1 Å². The third-order valence-electron chi connectivity index (χ3n) is 8.27. The second-order valence-electron chi connectivity index (χ2n) is 11.2. The average molecular weight is 394 g/mol. The zero-order valence-corrected chi connectivity index (χ0v) is 21.0. The molecule has 0 radical (unpaired) electrons. The summed E-state index contributed by atoms with van der Waals surface area (Å²) in [5.41, 5.74) is 0.514. The molecule has 5 atom stereocenters. The van der Waals surface area contributed by atoms with Crippen molar-refractivity contribution in [2.45, 2.75) is 132 Å². The van der Waals surface area contributed by atoms with Crippen molar-refractivity contribution < 1.29 is 0 Å². The van der Waals surface area contributed by atoms with Crippen LogP contribution < -0.4 is 0 Å². The molecule has 1 nitrogen and oxygen atoms in total. The van der Waals surface area contributed by atoms with E-state index in [9.17, 15) is 0 Å². The van der Waals surface area contributed by atoms with E-state index in [-0.39, 0.29) is 0 Å². The van der Waals surface area contributed by atoms with Crippen molar-refractivity contribution in [1.29, 1.82) is 0 Å². The van der Waals surface area contributed by atoms with Crippen LogP contribution in [0.4, 0.5) is 0 Å². The fraction of sp³-hybridized carbons (Fsp3) is 1.00. The van der Waals surface area contributed by atoms with E-state index < -0.39 is 0 Å². The summed E-state index contributed by atoms with van der Waals surface area (Å²) >= 11 is 0. The lowest BCUT2D eigenvalue weighted by Crippen LogP contribution is -2.32. The molecule has 1 rings (SSSR count). The van der Waals surface area contributed by atoms with E-state index in [1.165, 1.54) is 83.7 Å². The van der Waals surface area contributed by atoms with E-state index in [4.69, 9.17) is 0 Å². The zero-order valence-electron chi connectivity index (χ0n) is 21.0. The zero-order chi connectivity index (χ0) is 21.2. The average Bonchev–Trinajstić information content (AvgIpc) is 3.19. The van der Waals surface area contributed by atoms with E-state index in [0.717, 1.165) is 29.7 Å². The Morgan fingerprint density at radius 2 is 1.39 bits per heavy atom. The van der Waals surface area contributed by atoms with Gasteiger partial charge in [0, 0.05) is 6.04 Å². The van der Waals surface area contributed by atoms with E-state index >= 15 is 0 Å². The summed E-state index contributed by atoms with van der Waals surface area (Å²) < 4.78 is 0. The molecule has 1 heteroatoms. The first-order valence-electron chi connectivity index (χ1n) is 13.0. The molecule has 0 amide bonds. The monoisotopic (exact) mass is 393 g/mol. The normalized spacial score (nSPS) is 21.4. The van der Waals surface area contributed by atoms with Gasteiger partial charge in [-0.25, -0.2) is 0 Å². The van der Waals surface area contributed by atoms with Gasteiger partial charge >= 0.3 is 0 Å². The summed E-state index contributed by atoms with van der Waals surface area (Å²) in [5, 5.41) is 0. The van der Waals surface area contributed by atoms with E-state index in [1.807, 2.05) is 0 Å². The molecular formula is C27H55N. The molecule has 1 heterocycles. The highest BCUT2D eigenvalue weighted by Crippen LogP contribution is 2.37. The van der Waals surface area contributed by atoms with Crippen LogP contribution in [-0.2, 0) is 0 Å². The highest BCUT2D eigenvalue weighted by molar-refractivity contribution is 4.80. The lowest BCUT2D eigenvalue weighted by atomic mass is 9.74. The maximum absolute atomic E-state index is 2.79. The van der Waals surface area contributed by atoms with Gasteiger partial charge in [-0.05, 0) is 87.1 Å². The smallest absolute Gasteiger partial charge is 0.00927 e. The first kappa shape index (κ1) is 26.0. The minimum absolute atomic E-state index is 0.514. The molecule has 0 aromatic rings. The van der Waals surface area contributed by atoms with Gasteiger partial charge in [0.2, 0.25) is 0 Å². The van der Waals surface area contributed by atoms with Crippen LogP contribution in [0, 0.1) is 29.1 Å². The third-order valence-corrected chi connectivity index (χ3v) is 8.27. The Morgan fingerprint density at radius 3 is 1.93 bits per heavy atom. The van der Waals surface area contributed by atoms with Crippen LogP contribution in [-0.4, -0.2) is 24.0 Å². The first-order valence-corrected chi connectivity index (χ1v) is 13.0. The minimum atomic E-state index is 0.514. The minimum Gasteiger partial charge on any atom is -0.300 e. The van der Waals surface area contributed by atoms with Crippen LogP contribution in [0.15, 0.2) is 0 Å². The Labute approximate surface area is 179 Å². The molecule has 0 N–H and O–H groups in total. The summed E-state index contributed by atoms with van der Waals surface area (Å²) in [6, 6.07) is 0.843.